The van der Waals surface area contributed by atoms with E-state index in [0.717, 1.165) is 21.9 Å². The number of rotatable bonds is 2. The van der Waals surface area contributed by atoms with Crippen molar-refractivity contribution in [1.82, 2.24) is 9.78 Å². The van der Waals surface area contributed by atoms with Crippen LogP contribution in [0.25, 0.3) is 0 Å². The molecule has 0 saturated carbocycles. The van der Waals surface area contributed by atoms with Crippen molar-refractivity contribution >= 4 is 40.2 Å². The second kappa shape index (κ2) is 4.08. The van der Waals surface area contributed by atoms with Crippen molar-refractivity contribution in [1.29, 1.82) is 0 Å². The largest absolute Gasteiger partial charge is 0.383 e. The summed E-state index contributed by atoms with van der Waals surface area (Å²) >= 11 is 4.25. The number of nitrogen functional groups attached to an aromatic ring is 1. The van der Waals surface area contributed by atoms with Gasteiger partial charge >= 0.3 is 0 Å². The van der Waals surface area contributed by atoms with E-state index in [2.05, 4.69) is 27.7 Å². The zero-order valence-corrected chi connectivity index (χ0v) is 10.2. The fourth-order valence-corrected chi connectivity index (χ4v) is 3.16. The molecule has 1 fully saturated rings. The predicted octanol–water partition coefficient (Wildman–Crippen LogP) is 1.82. The van der Waals surface area contributed by atoms with Crippen molar-refractivity contribution in [2.45, 2.75) is 13.0 Å². The Hall–Kier alpha value is 0.0900. The second-order valence-electron chi connectivity index (χ2n) is 3.29. The van der Waals surface area contributed by atoms with E-state index >= 15 is 0 Å². The van der Waals surface area contributed by atoms with Crippen LogP contribution < -0.4 is 5.73 Å². The zero-order chi connectivity index (χ0) is 9.26. The van der Waals surface area contributed by atoms with Gasteiger partial charge in [0.25, 0.3) is 0 Å². The molecule has 1 saturated heterocycles. The number of nitrogens with two attached hydrogens (primary N) is 1. The van der Waals surface area contributed by atoms with Gasteiger partial charge in [-0.1, -0.05) is 0 Å². The summed E-state index contributed by atoms with van der Waals surface area (Å²) in [5.41, 5.74) is 5.87. The van der Waals surface area contributed by atoms with E-state index in [1.165, 1.54) is 17.9 Å². The molecule has 0 spiro atoms. The number of anilines is 1. The maximum atomic E-state index is 5.87. The topological polar surface area (TPSA) is 43.8 Å². The molecule has 1 aromatic rings. The number of hydrogen-bond acceptors (Lipinski definition) is 3. The van der Waals surface area contributed by atoms with Crippen molar-refractivity contribution in [3.8, 4) is 0 Å². The van der Waals surface area contributed by atoms with Crippen LogP contribution in [0, 0.1) is 9.49 Å². The first kappa shape index (κ1) is 9.64. The van der Waals surface area contributed by atoms with Gasteiger partial charge in [-0.05, 0) is 46.4 Å². The molecule has 0 radical (unpaired) electrons. The first-order valence-electron chi connectivity index (χ1n) is 4.32. The Kier molecular flexibility index (Phi) is 3.02. The molecular weight excluding hydrogens is 297 g/mol. The first-order chi connectivity index (χ1) is 6.27. The van der Waals surface area contributed by atoms with E-state index in [9.17, 15) is 0 Å². The first-order valence-corrected chi connectivity index (χ1v) is 6.55. The predicted molar refractivity (Wildman–Crippen MR) is 64.8 cm³/mol. The molecular formula is C8H12IN3S. The molecule has 1 unspecified atom stereocenters. The molecule has 0 bridgehead atoms. The van der Waals surface area contributed by atoms with Gasteiger partial charge in [0, 0.05) is 6.54 Å². The molecule has 0 aliphatic carbocycles. The highest BCUT2D eigenvalue weighted by atomic mass is 127. The molecule has 1 aliphatic heterocycles. The third-order valence-corrected chi connectivity index (χ3v) is 4.35. The second-order valence-corrected chi connectivity index (χ2v) is 5.60. The quantitative estimate of drug-likeness (QED) is 0.848. The van der Waals surface area contributed by atoms with Crippen molar-refractivity contribution < 1.29 is 0 Å². The number of nitrogens with zero attached hydrogens (tertiary/aromatic N) is 2. The van der Waals surface area contributed by atoms with Gasteiger partial charge in [-0.15, -0.1) is 0 Å². The van der Waals surface area contributed by atoms with Gasteiger partial charge in [0.05, 0.1) is 9.77 Å². The fraction of sp³-hybridized carbons (Fsp3) is 0.625. The summed E-state index contributed by atoms with van der Waals surface area (Å²) in [6.45, 7) is 0.988. The van der Waals surface area contributed by atoms with Crippen molar-refractivity contribution in [2.24, 2.45) is 5.92 Å². The molecule has 2 heterocycles. The Balaban J connectivity index is 2.04. The highest BCUT2D eigenvalue weighted by Gasteiger charge is 2.17. The van der Waals surface area contributed by atoms with Crippen LogP contribution in [0.15, 0.2) is 6.20 Å². The van der Waals surface area contributed by atoms with E-state index in [1.54, 1.807) is 0 Å². The molecule has 2 N–H and O–H groups in total. The van der Waals surface area contributed by atoms with Gasteiger partial charge in [0.2, 0.25) is 0 Å². The van der Waals surface area contributed by atoms with Gasteiger partial charge in [-0.2, -0.15) is 16.9 Å². The van der Waals surface area contributed by atoms with Crippen LogP contribution >= 0.6 is 34.4 Å². The van der Waals surface area contributed by atoms with Gasteiger partial charge < -0.3 is 5.73 Å². The molecule has 13 heavy (non-hydrogen) atoms. The summed E-state index contributed by atoms with van der Waals surface area (Å²) in [5, 5.41) is 4.25. The molecule has 0 aromatic carbocycles. The number of hydrogen-bond donors (Lipinski definition) is 1. The summed E-state index contributed by atoms with van der Waals surface area (Å²) in [5.74, 6) is 4.14. The van der Waals surface area contributed by atoms with E-state index < -0.39 is 0 Å². The molecule has 0 amide bonds. The number of halogens is 1. The van der Waals surface area contributed by atoms with Crippen LogP contribution in [-0.4, -0.2) is 21.3 Å². The van der Waals surface area contributed by atoms with Crippen molar-refractivity contribution in [2.75, 3.05) is 17.2 Å². The maximum Gasteiger partial charge on any atom is 0.135 e. The van der Waals surface area contributed by atoms with E-state index in [-0.39, 0.29) is 0 Å². The Bertz CT molecular complexity index is 294. The lowest BCUT2D eigenvalue weighted by Crippen LogP contribution is -2.13. The number of thioether (sulfide) groups is 1. The third-order valence-electron chi connectivity index (χ3n) is 2.29. The van der Waals surface area contributed by atoms with Crippen LogP contribution in [0.2, 0.25) is 0 Å². The maximum absolute atomic E-state index is 5.87. The zero-order valence-electron chi connectivity index (χ0n) is 7.24. The lowest BCUT2D eigenvalue weighted by Gasteiger charge is -2.09. The van der Waals surface area contributed by atoms with E-state index in [4.69, 9.17) is 5.73 Å². The van der Waals surface area contributed by atoms with Crippen LogP contribution in [0.1, 0.15) is 6.42 Å². The minimum Gasteiger partial charge on any atom is -0.383 e. The van der Waals surface area contributed by atoms with Gasteiger partial charge in [0.1, 0.15) is 5.82 Å². The average molecular weight is 309 g/mol. The molecule has 1 atom stereocenters. The Morgan fingerprint density at radius 3 is 3.15 bits per heavy atom. The molecule has 72 valence electrons. The van der Waals surface area contributed by atoms with Gasteiger partial charge in [-0.25, -0.2) is 4.68 Å². The van der Waals surface area contributed by atoms with E-state index in [1.807, 2.05) is 22.6 Å². The highest BCUT2D eigenvalue weighted by Crippen LogP contribution is 2.26. The minimum atomic E-state index is 0.767. The van der Waals surface area contributed by atoms with Crippen LogP contribution in [-0.2, 0) is 6.54 Å². The molecule has 3 nitrogen and oxygen atoms in total. The van der Waals surface area contributed by atoms with Crippen LogP contribution in [0.4, 0.5) is 5.82 Å². The summed E-state index contributed by atoms with van der Waals surface area (Å²) in [7, 11) is 0. The lowest BCUT2D eigenvalue weighted by atomic mass is 10.1. The highest BCUT2D eigenvalue weighted by molar-refractivity contribution is 14.1. The number of aromatic nitrogens is 2. The molecule has 5 heteroatoms. The average Bonchev–Trinajstić information content (AvgIpc) is 2.71. The summed E-state index contributed by atoms with van der Waals surface area (Å²) in [4.78, 5) is 0. The van der Waals surface area contributed by atoms with Crippen LogP contribution in [0.3, 0.4) is 0 Å². The lowest BCUT2D eigenvalue weighted by molar-refractivity contribution is 0.464. The summed E-state index contributed by atoms with van der Waals surface area (Å²) in [6, 6.07) is 0. The smallest absolute Gasteiger partial charge is 0.135 e. The molecule has 2 rings (SSSR count). The van der Waals surface area contributed by atoms with Gasteiger partial charge in [-0.3, -0.25) is 0 Å². The SMILES string of the molecule is Nc1c(I)cnn1CC1CCSC1. The monoisotopic (exact) mass is 309 g/mol. The normalized spacial score (nSPS) is 22.4. The van der Waals surface area contributed by atoms with E-state index in [0.29, 0.717) is 0 Å². The Labute approximate surface area is 95.6 Å². The Morgan fingerprint density at radius 2 is 2.62 bits per heavy atom. The summed E-state index contributed by atoms with van der Waals surface area (Å²) in [6.07, 6.45) is 3.14. The molecule has 1 aliphatic rings. The Morgan fingerprint density at radius 1 is 1.77 bits per heavy atom. The third kappa shape index (κ3) is 2.12. The standard InChI is InChI=1S/C8H12IN3S/c9-7-3-11-12(8(7)10)4-6-1-2-13-5-6/h3,6H,1-2,4-5,10H2. The van der Waals surface area contributed by atoms with Gasteiger partial charge in [0.15, 0.2) is 0 Å². The fourth-order valence-electron chi connectivity index (χ4n) is 1.49. The summed E-state index contributed by atoms with van der Waals surface area (Å²) < 4.78 is 2.99. The molecule has 1 aromatic heterocycles. The van der Waals surface area contributed by atoms with Crippen molar-refractivity contribution in [3.05, 3.63) is 9.77 Å². The van der Waals surface area contributed by atoms with Crippen molar-refractivity contribution in [3.63, 3.8) is 0 Å². The van der Waals surface area contributed by atoms with Crippen LogP contribution in [0.5, 0.6) is 0 Å². The minimum absolute atomic E-state index is 0.767.